The van der Waals surface area contributed by atoms with Crippen LogP contribution in [0.4, 0.5) is 13.2 Å². The van der Waals surface area contributed by atoms with Crippen LogP contribution in [0, 0.1) is 11.8 Å². The molecule has 0 spiro atoms. The molecule has 4 heteroatoms. The van der Waals surface area contributed by atoms with Gasteiger partial charge in [-0.1, -0.05) is 26.0 Å². The van der Waals surface area contributed by atoms with E-state index in [1.165, 1.54) is 18.1 Å². The third-order valence-corrected chi connectivity index (χ3v) is 4.13. The highest BCUT2D eigenvalue weighted by Gasteiger charge is 2.40. The lowest BCUT2D eigenvalue weighted by Crippen LogP contribution is -2.07. The second-order valence-corrected chi connectivity index (χ2v) is 5.90. The number of fused-ring (bicyclic) bond motifs is 1. The van der Waals surface area contributed by atoms with Crippen molar-refractivity contribution in [2.75, 3.05) is 0 Å². The number of pyridine rings is 1. The molecule has 0 amide bonds. The maximum absolute atomic E-state index is 12.6. The van der Waals surface area contributed by atoms with Crippen LogP contribution in [0.5, 0.6) is 0 Å². The molecule has 20 heavy (non-hydrogen) atoms. The highest BCUT2D eigenvalue weighted by atomic mass is 19.4. The van der Waals surface area contributed by atoms with Crippen LogP contribution in [0.3, 0.4) is 0 Å². The van der Waals surface area contributed by atoms with Crippen LogP contribution in [0.25, 0.3) is 10.9 Å². The maximum atomic E-state index is 12.6. The average molecular weight is 279 g/mol. The molecule has 1 aliphatic carbocycles. The van der Waals surface area contributed by atoms with E-state index < -0.39 is 11.9 Å². The molecule has 1 aromatic heterocycles. The lowest BCUT2D eigenvalue weighted by Gasteiger charge is -2.08. The first-order chi connectivity index (χ1) is 9.36. The van der Waals surface area contributed by atoms with Crippen LogP contribution in [0.2, 0.25) is 0 Å². The van der Waals surface area contributed by atoms with Gasteiger partial charge >= 0.3 is 6.18 Å². The molecule has 1 aliphatic rings. The molecule has 1 fully saturated rings. The quantitative estimate of drug-likeness (QED) is 0.752. The molecule has 0 radical (unpaired) electrons. The number of benzene rings is 1. The Morgan fingerprint density at radius 2 is 1.90 bits per heavy atom. The van der Waals surface area contributed by atoms with E-state index in [-0.39, 0.29) is 0 Å². The normalized spacial score (nSPS) is 22.5. The number of hydrogen-bond acceptors (Lipinski definition) is 1. The fourth-order valence-corrected chi connectivity index (χ4v) is 2.87. The number of alkyl halides is 3. The fraction of sp³-hybridized carbons (Fsp3) is 0.438. The molecule has 0 bridgehead atoms. The van der Waals surface area contributed by atoms with Gasteiger partial charge in [0.2, 0.25) is 0 Å². The summed E-state index contributed by atoms with van der Waals surface area (Å²) < 4.78 is 37.8. The predicted molar refractivity (Wildman–Crippen MR) is 72.4 cm³/mol. The number of rotatable bonds is 2. The summed E-state index contributed by atoms with van der Waals surface area (Å²) in [5.74, 6) is 1.91. The highest BCUT2D eigenvalue weighted by molar-refractivity contribution is 5.79. The van der Waals surface area contributed by atoms with Crippen molar-refractivity contribution in [2.24, 2.45) is 11.8 Å². The molecule has 0 saturated heterocycles. The van der Waals surface area contributed by atoms with E-state index in [4.69, 9.17) is 0 Å². The minimum atomic E-state index is -4.38. The van der Waals surface area contributed by atoms with Gasteiger partial charge < -0.3 is 0 Å². The van der Waals surface area contributed by atoms with Gasteiger partial charge in [-0.3, -0.25) is 0 Å². The Morgan fingerprint density at radius 1 is 1.15 bits per heavy atom. The first-order valence-corrected chi connectivity index (χ1v) is 6.84. The van der Waals surface area contributed by atoms with Crippen LogP contribution in [0.1, 0.15) is 37.4 Å². The van der Waals surface area contributed by atoms with Gasteiger partial charge in [0.15, 0.2) is 0 Å². The Hall–Kier alpha value is -1.58. The molecule has 0 unspecified atom stereocenters. The Labute approximate surface area is 115 Å². The number of nitrogens with zero attached hydrogens (tertiary/aromatic N) is 1. The fourth-order valence-electron chi connectivity index (χ4n) is 2.87. The molecule has 1 nitrogen and oxygen atoms in total. The summed E-state index contributed by atoms with van der Waals surface area (Å²) in [6.45, 7) is 4.42. The van der Waals surface area contributed by atoms with E-state index in [0.29, 0.717) is 23.3 Å². The summed E-state index contributed by atoms with van der Waals surface area (Å²) in [5.41, 5.74) is 0.798. The summed E-state index contributed by atoms with van der Waals surface area (Å²) in [6.07, 6.45) is -3.21. The van der Waals surface area contributed by atoms with Gasteiger partial charge in [0, 0.05) is 5.39 Å². The van der Waals surface area contributed by atoms with E-state index >= 15 is 0 Å². The van der Waals surface area contributed by atoms with Crippen molar-refractivity contribution in [3.8, 4) is 0 Å². The minimum absolute atomic E-state index is 0.408. The molecule has 2 atom stereocenters. The second-order valence-electron chi connectivity index (χ2n) is 5.90. The van der Waals surface area contributed by atoms with Crippen LogP contribution in [-0.4, -0.2) is 4.98 Å². The summed E-state index contributed by atoms with van der Waals surface area (Å²) in [5, 5.41) is 0.782. The van der Waals surface area contributed by atoms with Gasteiger partial charge in [-0.15, -0.1) is 0 Å². The van der Waals surface area contributed by atoms with E-state index in [2.05, 4.69) is 18.8 Å². The first kappa shape index (κ1) is 13.4. The molecular formula is C16H16F3N. The zero-order valence-electron chi connectivity index (χ0n) is 11.4. The highest BCUT2D eigenvalue weighted by Crippen LogP contribution is 2.52. The summed E-state index contributed by atoms with van der Waals surface area (Å²) in [4.78, 5) is 3.70. The van der Waals surface area contributed by atoms with Gasteiger partial charge in [0.05, 0.1) is 5.52 Å². The molecule has 0 aliphatic heterocycles. The van der Waals surface area contributed by atoms with Crippen LogP contribution in [0.15, 0.2) is 30.3 Å². The second kappa shape index (κ2) is 4.47. The molecule has 1 saturated carbocycles. The van der Waals surface area contributed by atoms with Gasteiger partial charge in [-0.25, -0.2) is 4.98 Å². The summed E-state index contributed by atoms with van der Waals surface area (Å²) in [7, 11) is 0. The molecular weight excluding hydrogens is 263 g/mol. The zero-order valence-corrected chi connectivity index (χ0v) is 11.4. The summed E-state index contributed by atoms with van der Waals surface area (Å²) >= 11 is 0. The van der Waals surface area contributed by atoms with Crippen molar-refractivity contribution in [3.05, 3.63) is 41.6 Å². The SMILES string of the molecule is CC(C)[C@H]1C[C@@H]1c1ccc2nc(C(F)(F)F)ccc2c1. The van der Waals surface area contributed by atoms with E-state index in [9.17, 15) is 13.2 Å². The summed E-state index contributed by atoms with van der Waals surface area (Å²) in [6, 6.07) is 8.17. The lowest BCUT2D eigenvalue weighted by molar-refractivity contribution is -0.140. The zero-order chi connectivity index (χ0) is 14.5. The van der Waals surface area contributed by atoms with Gasteiger partial charge in [0.25, 0.3) is 0 Å². The third kappa shape index (κ3) is 2.39. The number of hydrogen-bond donors (Lipinski definition) is 0. The largest absolute Gasteiger partial charge is 0.433 e. The molecule has 3 rings (SSSR count). The maximum Gasteiger partial charge on any atom is 0.433 e. The Balaban J connectivity index is 1.94. The predicted octanol–water partition coefficient (Wildman–Crippen LogP) is 5.01. The Bertz CT molecular complexity index is 646. The van der Waals surface area contributed by atoms with Gasteiger partial charge in [-0.05, 0) is 47.9 Å². The van der Waals surface area contributed by atoms with E-state index in [0.717, 1.165) is 11.5 Å². The molecule has 0 N–H and O–H groups in total. The standard InChI is InChI=1S/C16H16F3N/c1-9(2)12-8-13(12)10-3-5-14-11(7-10)4-6-15(20-14)16(17,18)19/h3-7,9,12-13H,8H2,1-2H3/t12-,13-/m1/s1. The van der Waals surface area contributed by atoms with E-state index in [1.807, 2.05) is 12.1 Å². The number of halogens is 3. The van der Waals surface area contributed by atoms with Gasteiger partial charge in [0.1, 0.15) is 5.69 Å². The Kier molecular flexibility index (Phi) is 3.00. The van der Waals surface area contributed by atoms with Crippen LogP contribution in [-0.2, 0) is 6.18 Å². The van der Waals surface area contributed by atoms with Crippen molar-refractivity contribution in [1.82, 2.24) is 4.98 Å². The lowest BCUT2D eigenvalue weighted by atomic mass is 10.0. The first-order valence-electron chi connectivity index (χ1n) is 6.84. The number of aromatic nitrogens is 1. The molecule has 1 aromatic carbocycles. The van der Waals surface area contributed by atoms with Crippen molar-refractivity contribution < 1.29 is 13.2 Å². The molecule has 1 heterocycles. The van der Waals surface area contributed by atoms with Crippen molar-refractivity contribution >= 4 is 10.9 Å². The van der Waals surface area contributed by atoms with Crippen molar-refractivity contribution in [3.63, 3.8) is 0 Å². The van der Waals surface area contributed by atoms with Crippen LogP contribution < -0.4 is 0 Å². The Morgan fingerprint density at radius 3 is 2.50 bits per heavy atom. The van der Waals surface area contributed by atoms with Gasteiger partial charge in [-0.2, -0.15) is 13.2 Å². The smallest absolute Gasteiger partial charge is 0.243 e. The third-order valence-electron chi connectivity index (χ3n) is 4.13. The monoisotopic (exact) mass is 279 g/mol. The average Bonchev–Trinajstić information content (AvgIpc) is 3.16. The minimum Gasteiger partial charge on any atom is -0.243 e. The van der Waals surface area contributed by atoms with Crippen molar-refractivity contribution in [1.29, 1.82) is 0 Å². The van der Waals surface area contributed by atoms with E-state index in [1.54, 1.807) is 6.07 Å². The van der Waals surface area contributed by atoms with Crippen molar-refractivity contribution in [2.45, 2.75) is 32.4 Å². The van der Waals surface area contributed by atoms with Crippen LogP contribution >= 0.6 is 0 Å². The topological polar surface area (TPSA) is 12.9 Å². The molecule has 106 valence electrons. The molecule has 2 aromatic rings.